The molecule has 7 nitrogen and oxygen atoms in total. The first kappa shape index (κ1) is 24.7. The van der Waals surface area contributed by atoms with Gasteiger partial charge in [-0.3, -0.25) is 14.2 Å². The average molecular weight is 493 g/mol. The van der Waals surface area contributed by atoms with Crippen LogP contribution in [0.3, 0.4) is 0 Å². The number of aryl methyl sites for hydroxylation is 1. The van der Waals surface area contributed by atoms with Crippen molar-refractivity contribution in [3.63, 3.8) is 0 Å². The van der Waals surface area contributed by atoms with E-state index in [4.69, 9.17) is 11.6 Å². The van der Waals surface area contributed by atoms with E-state index in [1.165, 1.54) is 53.2 Å². The van der Waals surface area contributed by atoms with Crippen molar-refractivity contribution in [3.05, 3.63) is 65.1 Å². The second kappa shape index (κ2) is 9.15. The van der Waals surface area contributed by atoms with E-state index in [0.29, 0.717) is 10.6 Å². The molecule has 0 aliphatic carbocycles. The lowest BCUT2D eigenvalue weighted by molar-refractivity contribution is 0.0901. The molecule has 0 saturated heterocycles. The zero-order chi connectivity index (χ0) is 24.6. The molecule has 176 valence electrons. The van der Waals surface area contributed by atoms with Gasteiger partial charge in [-0.1, -0.05) is 32.4 Å². The van der Waals surface area contributed by atoms with Gasteiger partial charge in [0.2, 0.25) is 0 Å². The highest BCUT2D eigenvalue weighted by Gasteiger charge is 2.30. The molecular formula is C23H26ClFN4O3S. The van der Waals surface area contributed by atoms with E-state index < -0.39 is 21.7 Å². The Morgan fingerprint density at radius 2 is 1.67 bits per heavy atom. The number of hydrogen-bond acceptors (Lipinski definition) is 4. The summed E-state index contributed by atoms with van der Waals surface area (Å²) in [6.07, 6.45) is 0. The van der Waals surface area contributed by atoms with E-state index >= 15 is 0 Å². The van der Waals surface area contributed by atoms with Gasteiger partial charge in [-0.05, 0) is 60.9 Å². The van der Waals surface area contributed by atoms with Crippen LogP contribution in [-0.2, 0) is 17.1 Å². The van der Waals surface area contributed by atoms with Crippen LogP contribution in [0, 0.1) is 11.2 Å². The largest absolute Gasteiger partial charge is 0.348 e. The molecular weight excluding hydrogens is 467 g/mol. The number of aromatic nitrogens is 2. The third kappa shape index (κ3) is 5.54. The van der Waals surface area contributed by atoms with Gasteiger partial charge in [0.15, 0.2) is 5.69 Å². The summed E-state index contributed by atoms with van der Waals surface area (Å²) in [5.74, 6) is -0.940. The van der Waals surface area contributed by atoms with Crippen LogP contribution in [0.15, 0.2) is 53.4 Å². The summed E-state index contributed by atoms with van der Waals surface area (Å²) < 4.78 is 43.6. The summed E-state index contributed by atoms with van der Waals surface area (Å²) in [7, 11) is -2.54. The first-order valence-electron chi connectivity index (χ1n) is 10.2. The van der Waals surface area contributed by atoms with Crippen LogP contribution in [0.1, 0.15) is 38.2 Å². The number of carbonyl (C=O) groups excluding carboxylic acids is 1. The molecule has 0 fully saturated rings. The fourth-order valence-electron chi connectivity index (χ4n) is 2.98. The molecule has 0 aliphatic rings. The number of amides is 1. The molecule has 1 heterocycles. The molecule has 1 amide bonds. The van der Waals surface area contributed by atoms with Crippen LogP contribution < -0.4 is 10.0 Å². The summed E-state index contributed by atoms with van der Waals surface area (Å²) in [6, 6.07) is 10.8. The lowest BCUT2D eigenvalue weighted by atomic mass is 9.88. The van der Waals surface area contributed by atoms with Gasteiger partial charge in [0.05, 0.1) is 4.90 Å². The van der Waals surface area contributed by atoms with Gasteiger partial charge in [-0.25, -0.2) is 12.8 Å². The van der Waals surface area contributed by atoms with Crippen molar-refractivity contribution in [1.29, 1.82) is 0 Å². The number of anilines is 1. The summed E-state index contributed by atoms with van der Waals surface area (Å²) in [4.78, 5) is 13.2. The predicted molar refractivity (Wildman–Crippen MR) is 127 cm³/mol. The molecule has 33 heavy (non-hydrogen) atoms. The molecule has 0 radical (unpaired) electrons. The Morgan fingerprint density at radius 3 is 2.21 bits per heavy atom. The number of rotatable bonds is 6. The van der Waals surface area contributed by atoms with Crippen LogP contribution in [0.4, 0.5) is 10.1 Å². The van der Waals surface area contributed by atoms with Crippen molar-refractivity contribution in [3.8, 4) is 11.3 Å². The van der Waals surface area contributed by atoms with Crippen LogP contribution in [-0.4, -0.2) is 30.1 Å². The Hall–Kier alpha value is -2.91. The lowest BCUT2D eigenvalue weighted by Crippen LogP contribution is -2.42. The molecule has 2 aromatic carbocycles. The van der Waals surface area contributed by atoms with Crippen molar-refractivity contribution in [2.75, 3.05) is 4.72 Å². The summed E-state index contributed by atoms with van der Waals surface area (Å²) >= 11 is 5.88. The Morgan fingerprint density at radius 1 is 1.09 bits per heavy atom. The molecule has 2 N–H and O–H groups in total. The fourth-order valence-corrected chi connectivity index (χ4v) is 4.18. The Bertz CT molecular complexity index is 1260. The second-order valence-corrected chi connectivity index (χ2v) is 10.9. The van der Waals surface area contributed by atoms with Crippen LogP contribution in [0.5, 0.6) is 0 Å². The first-order valence-corrected chi connectivity index (χ1v) is 12.1. The van der Waals surface area contributed by atoms with Gasteiger partial charge >= 0.3 is 0 Å². The van der Waals surface area contributed by atoms with Crippen LogP contribution in [0.25, 0.3) is 11.3 Å². The Kier molecular flexibility index (Phi) is 6.85. The van der Waals surface area contributed by atoms with Gasteiger partial charge < -0.3 is 5.32 Å². The minimum atomic E-state index is -4.08. The first-order chi connectivity index (χ1) is 15.3. The summed E-state index contributed by atoms with van der Waals surface area (Å²) in [6.45, 7) is 7.81. The predicted octanol–water partition coefficient (Wildman–Crippen LogP) is 4.84. The van der Waals surface area contributed by atoms with Gasteiger partial charge in [0.1, 0.15) is 17.2 Å². The normalized spacial score (nSPS) is 12.9. The van der Waals surface area contributed by atoms with E-state index in [9.17, 15) is 17.6 Å². The standard InChI is InChI=1S/C23H26ClFN4O3S/c1-14(23(2,3)4)26-22(30)21-20(28-33(31,32)18-12-8-16(24)9-13-18)19(27-29(21)5)15-6-10-17(25)11-7-15/h6-14,28H,1-5H3,(H,26,30). The highest BCUT2D eigenvalue weighted by molar-refractivity contribution is 7.92. The smallest absolute Gasteiger partial charge is 0.271 e. The monoisotopic (exact) mass is 492 g/mol. The fraction of sp³-hybridized carbons (Fsp3) is 0.304. The minimum absolute atomic E-state index is 0.00216. The number of hydrogen-bond donors (Lipinski definition) is 2. The van der Waals surface area contributed by atoms with E-state index in [0.717, 1.165) is 0 Å². The van der Waals surface area contributed by atoms with Gasteiger partial charge in [-0.2, -0.15) is 5.10 Å². The minimum Gasteiger partial charge on any atom is -0.348 e. The molecule has 0 spiro atoms. The van der Waals surface area contributed by atoms with Gasteiger partial charge in [-0.15, -0.1) is 0 Å². The molecule has 3 rings (SSSR count). The third-order valence-corrected chi connectivity index (χ3v) is 7.00. The number of carbonyl (C=O) groups is 1. The number of benzene rings is 2. The number of nitrogens with zero attached hydrogens (tertiary/aromatic N) is 2. The molecule has 0 aliphatic heterocycles. The molecule has 10 heteroatoms. The molecule has 1 unspecified atom stereocenters. The van der Waals surface area contributed by atoms with Crippen molar-refractivity contribution in [2.45, 2.75) is 38.6 Å². The van der Waals surface area contributed by atoms with E-state index in [1.807, 2.05) is 27.7 Å². The van der Waals surface area contributed by atoms with Crippen molar-refractivity contribution < 1.29 is 17.6 Å². The van der Waals surface area contributed by atoms with E-state index in [-0.39, 0.29) is 33.4 Å². The van der Waals surface area contributed by atoms with Crippen molar-refractivity contribution >= 4 is 33.2 Å². The maximum absolute atomic E-state index is 13.5. The highest BCUT2D eigenvalue weighted by Crippen LogP contribution is 2.33. The Balaban J connectivity index is 2.12. The quantitative estimate of drug-likeness (QED) is 0.514. The number of sulfonamides is 1. The second-order valence-electron chi connectivity index (χ2n) is 8.82. The maximum Gasteiger partial charge on any atom is 0.271 e. The van der Waals surface area contributed by atoms with Crippen LogP contribution in [0.2, 0.25) is 5.02 Å². The summed E-state index contributed by atoms with van der Waals surface area (Å²) in [5.41, 5.74) is 0.449. The van der Waals surface area contributed by atoms with Crippen molar-refractivity contribution in [2.24, 2.45) is 12.5 Å². The number of halogens is 2. The van der Waals surface area contributed by atoms with E-state index in [2.05, 4.69) is 15.1 Å². The maximum atomic E-state index is 13.5. The van der Waals surface area contributed by atoms with Crippen molar-refractivity contribution in [1.82, 2.24) is 15.1 Å². The zero-order valence-electron chi connectivity index (χ0n) is 19.0. The topological polar surface area (TPSA) is 93.1 Å². The Labute approximate surface area is 198 Å². The molecule has 0 saturated carbocycles. The molecule has 1 atom stereocenters. The van der Waals surface area contributed by atoms with Gasteiger partial charge in [0, 0.05) is 23.7 Å². The lowest BCUT2D eigenvalue weighted by Gasteiger charge is -2.28. The van der Waals surface area contributed by atoms with Gasteiger partial charge in [0.25, 0.3) is 15.9 Å². The molecule has 3 aromatic rings. The zero-order valence-corrected chi connectivity index (χ0v) is 20.6. The average Bonchev–Trinajstić information content (AvgIpc) is 3.03. The summed E-state index contributed by atoms with van der Waals surface area (Å²) in [5, 5.41) is 7.68. The van der Waals surface area contributed by atoms with Crippen LogP contribution >= 0.6 is 11.6 Å². The third-order valence-electron chi connectivity index (χ3n) is 5.39. The SMILES string of the molecule is CC(NC(=O)c1c(NS(=O)(=O)c2ccc(Cl)cc2)c(-c2ccc(F)cc2)nn1C)C(C)(C)C. The molecule has 0 bridgehead atoms. The highest BCUT2D eigenvalue weighted by atomic mass is 35.5. The number of nitrogens with one attached hydrogen (secondary N) is 2. The molecule has 1 aromatic heterocycles. The van der Waals surface area contributed by atoms with E-state index in [1.54, 1.807) is 7.05 Å².